The lowest BCUT2D eigenvalue weighted by Gasteiger charge is -2.21. The highest BCUT2D eigenvalue weighted by Gasteiger charge is 2.22. The monoisotopic (exact) mass is 354 g/mol. The van der Waals surface area contributed by atoms with Gasteiger partial charge in [0.2, 0.25) is 5.91 Å². The molecule has 0 saturated heterocycles. The van der Waals surface area contributed by atoms with Gasteiger partial charge in [-0.2, -0.15) is 0 Å². The van der Waals surface area contributed by atoms with Crippen LogP contribution < -0.4 is 5.32 Å². The second-order valence-electron chi connectivity index (χ2n) is 5.31. The zero-order valence-electron chi connectivity index (χ0n) is 11.8. The van der Waals surface area contributed by atoms with Gasteiger partial charge in [0.1, 0.15) is 0 Å². The van der Waals surface area contributed by atoms with Crippen molar-refractivity contribution in [3.63, 3.8) is 0 Å². The Hall–Kier alpha value is 0.160. The van der Waals surface area contributed by atoms with E-state index >= 15 is 0 Å². The summed E-state index contributed by atoms with van der Waals surface area (Å²) in [5, 5.41) is 3.06. The molecule has 1 N–H and O–H groups in total. The molecule has 102 valence electrons. The number of rotatable bonds is 8. The first-order chi connectivity index (χ1) is 7.84. The van der Waals surface area contributed by atoms with Crippen LogP contribution in [0.1, 0.15) is 33.6 Å². The summed E-state index contributed by atoms with van der Waals surface area (Å²) >= 11 is 2.39. The maximum absolute atomic E-state index is 12.0. The van der Waals surface area contributed by atoms with Crippen molar-refractivity contribution >= 4 is 28.5 Å². The molecule has 0 fully saturated rings. The summed E-state index contributed by atoms with van der Waals surface area (Å²) in [6.45, 7) is 8.23. The molecule has 0 spiro atoms. The minimum atomic E-state index is 0.154. The highest BCUT2D eigenvalue weighted by molar-refractivity contribution is 14.1. The average Bonchev–Trinajstić information content (AvgIpc) is 2.19. The lowest BCUT2D eigenvalue weighted by molar-refractivity contribution is -0.126. The number of hydrogen-bond acceptors (Lipinski definition) is 2. The van der Waals surface area contributed by atoms with Crippen LogP contribution in [-0.2, 0) is 4.79 Å². The van der Waals surface area contributed by atoms with Gasteiger partial charge >= 0.3 is 0 Å². The number of hydrogen-bond donors (Lipinski definition) is 1. The molecular formula is C13H27IN2O. The van der Waals surface area contributed by atoms with Crippen LogP contribution in [0, 0.1) is 11.8 Å². The minimum Gasteiger partial charge on any atom is -0.356 e. The molecule has 17 heavy (non-hydrogen) atoms. The van der Waals surface area contributed by atoms with Gasteiger partial charge in [0, 0.05) is 16.4 Å². The number of alkyl halides is 1. The highest BCUT2D eigenvalue weighted by atomic mass is 127. The topological polar surface area (TPSA) is 32.3 Å². The molecule has 1 amide bonds. The predicted molar refractivity (Wildman–Crippen MR) is 82.6 cm³/mol. The Kier molecular flexibility index (Phi) is 9.22. The quantitative estimate of drug-likeness (QED) is 0.413. The third kappa shape index (κ3) is 8.83. The Labute approximate surface area is 120 Å². The van der Waals surface area contributed by atoms with Crippen LogP contribution in [0.5, 0.6) is 0 Å². The van der Waals surface area contributed by atoms with Crippen LogP contribution in [0.15, 0.2) is 0 Å². The van der Waals surface area contributed by atoms with Crippen LogP contribution in [-0.4, -0.2) is 41.9 Å². The third-order valence-electron chi connectivity index (χ3n) is 2.80. The van der Waals surface area contributed by atoms with E-state index in [0.717, 1.165) is 25.9 Å². The molecular weight excluding hydrogens is 327 g/mol. The lowest BCUT2D eigenvalue weighted by atomic mass is 9.90. The Morgan fingerprint density at radius 1 is 1.29 bits per heavy atom. The van der Waals surface area contributed by atoms with Crippen molar-refractivity contribution in [3.8, 4) is 0 Å². The SMILES string of the molecule is CC(I)CC(C(=O)NCCCN(C)C)C(C)C. The normalized spacial score (nSPS) is 15.1. The van der Waals surface area contributed by atoms with Gasteiger partial charge in [-0.05, 0) is 39.4 Å². The summed E-state index contributed by atoms with van der Waals surface area (Å²) in [5.74, 6) is 0.796. The summed E-state index contributed by atoms with van der Waals surface area (Å²) < 4.78 is 0.549. The largest absolute Gasteiger partial charge is 0.356 e. The van der Waals surface area contributed by atoms with Crippen LogP contribution in [0.25, 0.3) is 0 Å². The highest BCUT2D eigenvalue weighted by Crippen LogP contribution is 2.21. The van der Waals surface area contributed by atoms with Crippen LogP contribution in [0.4, 0.5) is 0 Å². The minimum absolute atomic E-state index is 0.154. The van der Waals surface area contributed by atoms with Gasteiger partial charge in [-0.15, -0.1) is 0 Å². The molecule has 0 heterocycles. The van der Waals surface area contributed by atoms with Crippen LogP contribution in [0.2, 0.25) is 0 Å². The van der Waals surface area contributed by atoms with E-state index in [2.05, 4.69) is 67.7 Å². The summed E-state index contributed by atoms with van der Waals surface area (Å²) in [6, 6.07) is 0. The molecule has 4 heteroatoms. The fourth-order valence-corrected chi connectivity index (χ4v) is 2.32. The zero-order chi connectivity index (χ0) is 13.4. The molecule has 3 nitrogen and oxygen atoms in total. The van der Waals surface area contributed by atoms with E-state index in [-0.39, 0.29) is 11.8 Å². The van der Waals surface area contributed by atoms with Crippen LogP contribution in [0.3, 0.4) is 0 Å². The van der Waals surface area contributed by atoms with Gasteiger partial charge in [-0.3, -0.25) is 4.79 Å². The van der Waals surface area contributed by atoms with Crippen molar-refractivity contribution in [2.24, 2.45) is 11.8 Å². The first kappa shape index (κ1) is 17.2. The number of carbonyl (C=O) groups is 1. The number of carbonyl (C=O) groups excluding carboxylic acids is 1. The maximum Gasteiger partial charge on any atom is 0.223 e. The second kappa shape index (κ2) is 9.14. The second-order valence-corrected chi connectivity index (χ2v) is 7.44. The molecule has 0 aliphatic rings. The molecule has 0 saturated carbocycles. The molecule has 0 aliphatic carbocycles. The van der Waals surface area contributed by atoms with Crippen molar-refractivity contribution in [2.75, 3.05) is 27.2 Å². The zero-order valence-corrected chi connectivity index (χ0v) is 14.0. The standard InChI is InChI=1S/C13H27IN2O/c1-10(2)12(9-11(3)14)13(17)15-7-6-8-16(4)5/h10-12H,6-9H2,1-5H3,(H,15,17). The molecule has 2 unspecified atom stereocenters. The van der Waals surface area contributed by atoms with E-state index in [1.54, 1.807) is 0 Å². The lowest BCUT2D eigenvalue weighted by Crippen LogP contribution is -2.36. The van der Waals surface area contributed by atoms with Gasteiger partial charge < -0.3 is 10.2 Å². The Morgan fingerprint density at radius 3 is 2.29 bits per heavy atom. The first-order valence-electron chi connectivity index (χ1n) is 6.41. The molecule has 0 bridgehead atoms. The van der Waals surface area contributed by atoms with E-state index in [0.29, 0.717) is 9.84 Å². The summed E-state index contributed by atoms with van der Waals surface area (Å²) in [5.41, 5.74) is 0. The van der Waals surface area contributed by atoms with E-state index < -0.39 is 0 Å². The summed E-state index contributed by atoms with van der Waals surface area (Å²) in [4.78, 5) is 14.2. The Balaban J connectivity index is 3.98. The van der Waals surface area contributed by atoms with Crippen molar-refractivity contribution < 1.29 is 4.79 Å². The molecule has 0 aromatic heterocycles. The maximum atomic E-state index is 12.0. The van der Waals surface area contributed by atoms with Crippen LogP contribution >= 0.6 is 22.6 Å². The van der Waals surface area contributed by atoms with Crippen molar-refractivity contribution in [2.45, 2.75) is 37.5 Å². The summed E-state index contributed by atoms with van der Waals surface area (Å²) in [7, 11) is 4.10. The van der Waals surface area contributed by atoms with E-state index in [1.807, 2.05) is 0 Å². The number of nitrogens with zero attached hydrogens (tertiary/aromatic N) is 1. The fraction of sp³-hybridized carbons (Fsp3) is 0.923. The molecule has 0 rings (SSSR count). The molecule has 0 aliphatic heterocycles. The number of amides is 1. The fourth-order valence-electron chi connectivity index (χ4n) is 1.77. The van der Waals surface area contributed by atoms with Crippen molar-refractivity contribution in [3.05, 3.63) is 0 Å². The molecule has 2 atom stereocenters. The van der Waals surface area contributed by atoms with Gasteiger partial charge in [-0.25, -0.2) is 0 Å². The summed E-state index contributed by atoms with van der Waals surface area (Å²) in [6.07, 6.45) is 1.99. The third-order valence-corrected chi connectivity index (χ3v) is 3.31. The van der Waals surface area contributed by atoms with E-state index in [9.17, 15) is 4.79 Å². The Morgan fingerprint density at radius 2 is 1.88 bits per heavy atom. The van der Waals surface area contributed by atoms with Gasteiger partial charge in [0.05, 0.1) is 0 Å². The number of halogens is 1. The first-order valence-corrected chi connectivity index (χ1v) is 7.65. The van der Waals surface area contributed by atoms with E-state index in [1.165, 1.54) is 0 Å². The van der Waals surface area contributed by atoms with Gasteiger partial charge in [0.25, 0.3) is 0 Å². The predicted octanol–water partition coefficient (Wildman–Crippen LogP) is 2.54. The van der Waals surface area contributed by atoms with Crippen molar-refractivity contribution in [1.29, 1.82) is 0 Å². The molecule has 0 aromatic carbocycles. The smallest absolute Gasteiger partial charge is 0.223 e. The van der Waals surface area contributed by atoms with E-state index in [4.69, 9.17) is 0 Å². The van der Waals surface area contributed by atoms with Gasteiger partial charge in [0.15, 0.2) is 0 Å². The number of nitrogens with one attached hydrogen (secondary N) is 1. The van der Waals surface area contributed by atoms with Crippen molar-refractivity contribution in [1.82, 2.24) is 10.2 Å². The average molecular weight is 354 g/mol. The molecule has 0 radical (unpaired) electrons. The molecule has 0 aromatic rings. The Bertz CT molecular complexity index is 217. The van der Waals surface area contributed by atoms with Gasteiger partial charge in [-0.1, -0.05) is 43.4 Å².